The smallest absolute Gasteiger partial charge is 0.272 e. The van der Waals surface area contributed by atoms with Gasteiger partial charge in [0.15, 0.2) is 5.69 Å². The molecule has 1 N–H and O–H groups in total. The van der Waals surface area contributed by atoms with Crippen molar-refractivity contribution >= 4 is 21.6 Å². The molecule has 0 aliphatic carbocycles. The van der Waals surface area contributed by atoms with Crippen molar-refractivity contribution in [3.8, 4) is 11.6 Å². The van der Waals surface area contributed by atoms with E-state index < -0.39 is 14.9 Å². The average molecular weight is 482 g/mol. The van der Waals surface area contributed by atoms with Crippen LogP contribution in [-0.2, 0) is 21.3 Å². The first-order valence-electron chi connectivity index (χ1n) is 10.6. The molecule has 13 heteroatoms. The van der Waals surface area contributed by atoms with Crippen LogP contribution in [0.3, 0.4) is 0 Å². The molecule has 1 fully saturated rings. The minimum absolute atomic E-state index is 0.0923. The monoisotopic (exact) mass is 481 g/mol. The summed E-state index contributed by atoms with van der Waals surface area (Å²) in [5.41, 5.74) is 0.216. The zero-order valence-corrected chi connectivity index (χ0v) is 19.6. The van der Waals surface area contributed by atoms with Crippen LogP contribution in [0.25, 0.3) is 0 Å². The fourth-order valence-corrected chi connectivity index (χ4v) is 4.89. The molecule has 1 aliphatic rings. The molecule has 2 heterocycles. The summed E-state index contributed by atoms with van der Waals surface area (Å²) in [5, 5.41) is 18.4. The van der Waals surface area contributed by atoms with E-state index in [1.165, 1.54) is 21.1 Å². The van der Waals surface area contributed by atoms with Gasteiger partial charge in [-0.1, -0.05) is 6.92 Å². The molecule has 1 aromatic carbocycles. The highest BCUT2D eigenvalue weighted by molar-refractivity contribution is 7.89. The number of nitrogens with zero attached hydrogens (tertiary/aromatic N) is 4. The molecule has 1 saturated heterocycles. The zero-order valence-electron chi connectivity index (χ0n) is 18.7. The van der Waals surface area contributed by atoms with Crippen LogP contribution >= 0.6 is 0 Å². The largest absolute Gasteiger partial charge is 0.438 e. The van der Waals surface area contributed by atoms with Gasteiger partial charge < -0.3 is 14.8 Å². The molecule has 0 unspecified atom stereocenters. The van der Waals surface area contributed by atoms with Crippen molar-refractivity contribution in [2.45, 2.75) is 38.6 Å². The Morgan fingerprint density at radius 3 is 2.61 bits per heavy atom. The van der Waals surface area contributed by atoms with Gasteiger partial charge in [-0.2, -0.15) is 9.40 Å². The Morgan fingerprint density at radius 1 is 1.30 bits per heavy atom. The zero-order chi connectivity index (χ0) is 24.2. The summed E-state index contributed by atoms with van der Waals surface area (Å²) in [4.78, 5) is 22.8. The van der Waals surface area contributed by atoms with E-state index in [-0.39, 0.29) is 60.1 Å². The number of morpholine rings is 1. The molecule has 0 radical (unpaired) electrons. The van der Waals surface area contributed by atoms with Crippen LogP contribution in [0.4, 0.5) is 5.69 Å². The number of aromatic nitrogens is 2. The molecule has 12 nitrogen and oxygen atoms in total. The molecule has 33 heavy (non-hydrogen) atoms. The number of sulfonamides is 1. The topological polar surface area (TPSA) is 146 Å². The van der Waals surface area contributed by atoms with Gasteiger partial charge in [-0.25, -0.2) is 13.1 Å². The molecular formula is C20H27N5O7S. The third kappa shape index (κ3) is 5.15. The van der Waals surface area contributed by atoms with Crippen molar-refractivity contribution in [1.29, 1.82) is 0 Å². The molecule has 180 valence electrons. The molecule has 0 bridgehead atoms. The van der Waals surface area contributed by atoms with E-state index in [0.717, 1.165) is 12.5 Å². The highest BCUT2D eigenvalue weighted by Crippen LogP contribution is 2.36. The van der Waals surface area contributed by atoms with Crippen molar-refractivity contribution in [3.05, 3.63) is 39.6 Å². The second kappa shape index (κ2) is 10.3. The maximum Gasteiger partial charge on any atom is 0.272 e. The normalized spacial score (nSPS) is 14.8. The van der Waals surface area contributed by atoms with E-state index >= 15 is 0 Å². The standard InChI is InChI=1S/C20H27N5O7S/c1-4-8-21-19(26)18-14(3)20(24(5-2)22-18)32-16-7-6-15(25(27)28)13-17(16)33(29,30)23-9-11-31-12-10-23/h6-7,13H,4-5,8-12H2,1-3H3,(H,21,26). The number of hydrogen-bond donors (Lipinski definition) is 1. The molecule has 1 aliphatic heterocycles. The number of nitro benzene ring substituents is 1. The van der Waals surface area contributed by atoms with Gasteiger partial charge in [0, 0.05) is 43.9 Å². The second-order valence-corrected chi connectivity index (χ2v) is 9.26. The summed E-state index contributed by atoms with van der Waals surface area (Å²) < 4.78 is 40.5. The first kappa shape index (κ1) is 24.6. The van der Waals surface area contributed by atoms with Crippen molar-refractivity contribution in [1.82, 2.24) is 19.4 Å². The summed E-state index contributed by atoms with van der Waals surface area (Å²) in [6.07, 6.45) is 0.758. The van der Waals surface area contributed by atoms with Gasteiger partial charge in [0.25, 0.3) is 11.6 Å². The molecule has 1 aromatic heterocycles. The lowest BCUT2D eigenvalue weighted by atomic mass is 10.2. The number of carbonyl (C=O) groups is 1. The summed E-state index contributed by atoms with van der Waals surface area (Å²) in [6.45, 7) is 6.91. The quantitative estimate of drug-likeness (QED) is 0.423. The van der Waals surface area contributed by atoms with Gasteiger partial charge >= 0.3 is 0 Å². The average Bonchev–Trinajstić information content (AvgIpc) is 3.13. The lowest BCUT2D eigenvalue weighted by Crippen LogP contribution is -2.40. The van der Waals surface area contributed by atoms with Gasteiger partial charge in [-0.15, -0.1) is 0 Å². The Bertz CT molecular complexity index is 1140. The SMILES string of the molecule is CCCNC(=O)c1nn(CC)c(Oc2ccc([N+](=O)[O-])cc2S(=O)(=O)N2CCOCC2)c1C. The van der Waals surface area contributed by atoms with Crippen molar-refractivity contribution < 1.29 is 27.6 Å². The van der Waals surface area contributed by atoms with Crippen LogP contribution in [0.5, 0.6) is 11.6 Å². The van der Waals surface area contributed by atoms with E-state index in [1.807, 2.05) is 6.92 Å². The number of non-ortho nitro benzene ring substituents is 1. The molecular weight excluding hydrogens is 454 g/mol. The number of benzene rings is 1. The number of aryl methyl sites for hydroxylation is 1. The maximum atomic E-state index is 13.3. The molecule has 1 amide bonds. The van der Waals surface area contributed by atoms with Crippen LogP contribution in [0.2, 0.25) is 0 Å². The highest BCUT2D eigenvalue weighted by Gasteiger charge is 2.32. The number of nitro groups is 1. The predicted octanol–water partition coefficient (Wildman–Crippen LogP) is 2.07. The van der Waals surface area contributed by atoms with E-state index in [0.29, 0.717) is 18.7 Å². The van der Waals surface area contributed by atoms with Crippen molar-refractivity contribution in [2.24, 2.45) is 0 Å². The first-order valence-corrected chi connectivity index (χ1v) is 12.0. The minimum Gasteiger partial charge on any atom is -0.438 e. The number of amides is 1. The molecule has 3 rings (SSSR count). The Labute approximate surface area is 191 Å². The summed E-state index contributed by atoms with van der Waals surface area (Å²) in [6, 6.07) is 3.40. The third-order valence-electron chi connectivity index (χ3n) is 5.11. The first-order chi connectivity index (χ1) is 15.7. The van der Waals surface area contributed by atoms with Crippen LogP contribution in [0, 0.1) is 17.0 Å². The van der Waals surface area contributed by atoms with Crippen LogP contribution in [0.15, 0.2) is 23.1 Å². The van der Waals surface area contributed by atoms with Crippen LogP contribution in [-0.4, -0.2) is 66.2 Å². The summed E-state index contributed by atoms with van der Waals surface area (Å²) in [7, 11) is -4.11. The van der Waals surface area contributed by atoms with E-state index in [9.17, 15) is 23.3 Å². The fourth-order valence-electron chi connectivity index (χ4n) is 3.34. The molecule has 2 aromatic rings. The van der Waals surface area contributed by atoms with Crippen LogP contribution < -0.4 is 10.1 Å². The lowest BCUT2D eigenvalue weighted by molar-refractivity contribution is -0.385. The molecule has 0 saturated carbocycles. The van der Waals surface area contributed by atoms with Gasteiger partial charge in [-0.05, 0) is 26.3 Å². The minimum atomic E-state index is -4.11. The van der Waals surface area contributed by atoms with Gasteiger partial charge in [0.2, 0.25) is 15.9 Å². The Kier molecular flexibility index (Phi) is 7.66. The molecule has 0 spiro atoms. The van der Waals surface area contributed by atoms with Crippen LogP contribution in [0.1, 0.15) is 36.3 Å². The van der Waals surface area contributed by atoms with E-state index in [2.05, 4.69) is 10.4 Å². The Morgan fingerprint density at radius 2 is 2.00 bits per heavy atom. The number of ether oxygens (including phenoxy) is 2. The van der Waals surface area contributed by atoms with Crippen molar-refractivity contribution in [2.75, 3.05) is 32.8 Å². The van der Waals surface area contributed by atoms with E-state index in [1.54, 1.807) is 13.8 Å². The number of hydrogen-bond acceptors (Lipinski definition) is 8. The number of carbonyl (C=O) groups excluding carboxylic acids is 1. The van der Waals surface area contributed by atoms with Gasteiger partial charge in [0.05, 0.1) is 18.1 Å². The fraction of sp³-hybridized carbons (Fsp3) is 0.500. The Balaban J connectivity index is 2.06. The highest BCUT2D eigenvalue weighted by atomic mass is 32.2. The number of rotatable bonds is 9. The number of nitrogens with one attached hydrogen (secondary N) is 1. The summed E-state index contributed by atoms with van der Waals surface area (Å²) >= 11 is 0. The predicted molar refractivity (Wildman–Crippen MR) is 118 cm³/mol. The lowest BCUT2D eigenvalue weighted by Gasteiger charge is -2.26. The van der Waals surface area contributed by atoms with Gasteiger partial charge in [0.1, 0.15) is 10.6 Å². The van der Waals surface area contributed by atoms with Crippen molar-refractivity contribution in [3.63, 3.8) is 0 Å². The maximum absolute atomic E-state index is 13.3. The van der Waals surface area contributed by atoms with E-state index in [4.69, 9.17) is 9.47 Å². The third-order valence-corrected chi connectivity index (χ3v) is 7.03. The summed E-state index contributed by atoms with van der Waals surface area (Å²) in [5.74, 6) is -0.270. The second-order valence-electron chi connectivity index (χ2n) is 7.36. The molecule has 0 atom stereocenters. The van der Waals surface area contributed by atoms with Gasteiger partial charge in [-0.3, -0.25) is 14.9 Å². The Hall–Kier alpha value is -3.03.